The van der Waals surface area contributed by atoms with Crippen LogP contribution in [-0.4, -0.2) is 11.7 Å². The van der Waals surface area contributed by atoms with Gasteiger partial charge in [-0.1, -0.05) is 140 Å². The lowest BCUT2D eigenvalue weighted by Gasteiger charge is -2.24. The molecule has 0 amide bonds. The van der Waals surface area contributed by atoms with E-state index >= 15 is 0 Å². The highest BCUT2D eigenvalue weighted by atomic mass is 16.3. The summed E-state index contributed by atoms with van der Waals surface area (Å²) in [5, 5.41) is 7.79. The maximum Gasteiger partial charge on any atom is 0.160 e. The Morgan fingerprint density at radius 1 is 0.460 bits per heavy atom. The zero-order chi connectivity index (χ0) is 33.0. The minimum Gasteiger partial charge on any atom is -0.456 e. The normalized spacial score (nSPS) is 14.6. The highest BCUT2D eigenvalue weighted by molar-refractivity contribution is 6.22. The molecule has 1 N–H and O–H groups in total. The number of fused-ring (bicyclic) bond motifs is 6. The molecule has 0 saturated carbocycles. The van der Waals surface area contributed by atoms with Gasteiger partial charge in [0.1, 0.15) is 28.2 Å². The smallest absolute Gasteiger partial charge is 0.160 e. The number of nitrogens with zero attached hydrogens (tertiary/aromatic N) is 2. The summed E-state index contributed by atoms with van der Waals surface area (Å²) in [5.41, 5.74) is 10.8. The fourth-order valence-electron chi connectivity index (χ4n) is 7.13. The van der Waals surface area contributed by atoms with Crippen LogP contribution in [0.25, 0.3) is 66.1 Å². The summed E-state index contributed by atoms with van der Waals surface area (Å²) in [5.74, 6) is 1.38. The summed E-state index contributed by atoms with van der Waals surface area (Å²) in [6.07, 6.45) is -0.436. The van der Waals surface area contributed by atoms with Crippen molar-refractivity contribution in [3.63, 3.8) is 0 Å². The highest BCUT2D eigenvalue weighted by Crippen LogP contribution is 2.38. The van der Waals surface area contributed by atoms with Crippen LogP contribution < -0.4 is 5.32 Å². The number of nitrogens with one attached hydrogen (secondary N) is 1. The second-order valence-electron chi connectivity index (χ2n) is 12.6. The fourth-order valence-corrected chi connectivity index (χ4v) is 7.13. The van der Waals surface area contributed by atoms with Crippen LogP contribution >= 0.6 is 0 Å². The number of rotatable bonds is 5. The van der Waals surface area contributed by atoms with Gasteiger partial charge in [-0.2, -0.15) is 0 Å². The topological polar surface area (TPSA) is 63.0 Å². The molecule has 7 aromatic carbocycles. The molecule has 3 heterocycles. The molecular formula is C45H29N3O2. The van der Waals surface area contributed by atoms with Crippen LogP contribution in [-0.2, 0) is 0 Å². The predicted molar refractivity (Wildman–Crippen MR) is 204 cm³/mol. The summed E-state index contributed by atoms with van der Waals surface area (Å²) >= 11 is 0. The van der Waals surface area contributed by atoms with Gasteiger partial charge in [0.2, 0.25) is 0 Å². The van der Waals surface area contributed by atoms with E-state index in [-0.39, 0.29) is 0 Å². The van der Waals surface area contributed by atoms with Gasteiger partial charge in [0.05, 0.1) is 0 Å². The number of hydrogen-bond acceptors (Lipinski definition) is 5. The van der Waals surface area contributed by atoms with Crippen molar-refractivity contribution < 1.29 is 8.83 Å². The van der Waals surface area contributed by atoms with Crippen molar-refractivity contribution >= 4 is 55.5 Å². The number of benzene rings is 7. The molecule has 1 aliphatic heterocycles. The fraction of sp³-hybridized carbons (Fsp3) is 0.0222. The van der Waals surface area contributed by atoms with E-state index in [1.807, 2.05) is 54.6 Å². The van der Waals surface area contributed by atoms with Gasteiger partial charge in [-0.15, -0.1) is 0 Å². The molecule has 0 saturated heterocycles. The molecule has 10 rings (SSSR count). The van der Waals surface area contributed by atoms with Crippen molar-refractivity contribution in [3.05, 3.63) is 180 Å². The molecule has 50 heavy (non-hydrogen) atoms. The number of furan rings is 2. The van der Waals surface area contributed by atoms with Crippen LogP contribution in [0.4, 0.5) is 0 Å². The van der Waals surface area contributed by atoms with Gasteiger partial charge in [-0.25, -0.2) is 9.98 Å². The van der Waals surface area contributed by atoms with Crippen LogP contribution in [0.15, 0.2) is 183 Å². The highest BCUT2D eigenvalue weighted by Gasteiger charge is 2.26. The lowest BCUT2D eigenvalue weighted by atomic mass is 9.98. The van der Waals surface area contributed by atoms with Crippen molar-refractivity contribution in [2.45, 2.75) is 6.17 Å². The molecule has 0 bridgehead atoms. The second-order valence-corrected chi connectivity index (χ2v) is 12.6. The SMILES string of the molecule is c1ccc(C2=NC(c3cccc4oc5ccc(-c6ccc(-c7ccccc7)cc6)cc5c34)=NC(c3cccc4c3oc3ccccc34)N2)cc1. The minimum absolute atomic E-state index is 0.436. The van der Waals surface area contributed by atoms with Crippen molar-refractivity contribution in [2.75, 3.05) is 0 Å². The summed E-state index contributed by atoms with van der Waals surface area (Å²) in [4.78, 5) is 10.5. The van der Waals surface area contributed by atoms with E-state index in [1.165, 1.54) is 11.1 Å². The summed E-state index contributed by atoms with van der Waals surface area (Å²) in [7, 11) is 0. The average Bonchev–Trinajstić information content (AvgIpc) is 3.77. The quantitative estimate of drug-likeness (QED) is 0.203. The third-order valence-electron chi connectivity index (χ3n) is 9.58. The Bertz CT molecular complexity index is 2770. The summed E-state index contributed by atoms with van der Waals surface area (Å²) in [6.45, 7) is 0. The van der Waals surface area contributed by atoms with Crippen LogP contribution in [0, 0.1) is 0 Å². The van der Waals surface area contributed by atoms with Crippen LogP contribution in [0.2, 0.25) is 0 Å². The number of aliphatic imine (C=N–C) groups is 2. The maximum absolute atomic E-state index is 6.46. The van der Waals surface area contributed by atoms with Crippen LogP contribution in [0.1, 0.15) is 22.9 Å². The van der Waals surface area contributed by atoms with E-state index in [9.17, 15) is 0 Å². The van der Waals surface area contributed by atoms with Gasteiger partial charge in [0.25, 0.3) is 0 Å². The van der Waals surface area contributed by atoms with Gasteiger partial charge >= 0.3 is 0 Å². The Morgan fingerprint density at radius 2 is 1.08 bits per heavy atom. The van der Waals surface area contributed by atoms with Crippen molar-refractivity contribution in [1.82, 2.24) is 5.32 Å². The van der Waals surface area contributed by atoms with Gasteiger partial charge in [0.15, 0.2) is 12.0 Å². The van der Waals surface area contributed by atoms with Crippen LogP contribution in [0.5, 0.6) is 0 Å². The Kier molecular flexibility index (Phi) is 6.49. The molecule has 0 fully saturated rings. The van der Waals surface area contributed by atoms with E-state index in [0.29, 0.717) is 5.84 Å². The predicted octanol–water partition coefficient (Wildman–Crippen LogP) is 11.3. The van der Waals surface area contributed by atoms with Gasteiger partial charge in [-0.05, 0) is 46.5 Å². The maximum atomic E-state index is 6.46. The van der Waals surface area contributed by atoms with E-state index in [2.05, 4.69) is 115 Å². The first-order valence-electron chi connectivity index (χ1n) is 16.8. The monoisotopic (exact) mass is 643 g/mol. The first-order chi connectivity index (χ1) is 24.8. The Hall–Kier alpha value is -6.72. The molecule has 236 valence electrons. The molecule has 0 spiro atoms. The zero-order valence-electron chi connectivity index (χ0n) is 26.9. The standard InChI is InChI=1S/C45H29N3O2/c1-3-11-28(12-4-1)29-21-23-30(24-22-29)32-25-26-39-37(27-32)41-35(17-10-20-40(41)49-39)44-46-43(31-13-5-2-6-14-31)47-45(48-44)36-18-9-16-34-33-15-7-8-19-38(33)50-42(34)36/h1-27,45H,(H,46,47,48). The second kappa shape index (κ2) is 11.5. The molecular weight excluding hydrogens is 615 g/mol. The third kappa shape index (κ3) is 4.71. The molecule has 2 aromatic heterocycles. The van der Waals surface area contributed by atoms with Crippen molar-refractivity contribution in [1.29, 1.82) is 0 Å². The Morgan fingerprint density at radius 3 is 1.90 bits per heavy atom. The first-order valence-corrected chi connectivity index (χ1v) is 16.8. The summed E-state index contributed by atoms with van der Waals surface area (Å²) in [6, 6.07) is 56.3. The first kappa shape index (κ1) is 28.3. The Labute approximate surface area is 287 Å². The lowest BCUT2D eigenvalue weighted by molar-refractivity contribution is 0.628. The largest absolute Gasteiger partial charge is 0.456 e. The lowest BCUT2D eigenvalue weighted by Crippen LogP contribution is -2.33. The molecule has 1 atom stereocenters. The number of amidine groups is 2. The molecule has 1 unspecified atom stereocenters. The Balaban J connectivity index is 1.13. The third-order valence-corrected chi connectivity index (χ3v) is 9.58. The molecule has 0 radical (unpaired) electrons. The number of hydrogen-bond donors (Lipinski definition) is 1. The average molecular weight is 644 g/mol. The van der Waals surface area contributed by atoms with Gasteiger partial charge in [0, 0.05) is 38.2 Å². The number of para-hydroxylation sites is 2. The van der Waals surface area contributed by atoms with E-state index in [0.717, 1.165) is 77.5 Å². The van der Waals surface area contributed by atoms with E-state index in [1.54, 1.807) is 0 Å². The van der Waals surface area contributed by atoms with Gasteiger partial charge < -0.3 is 14.2 Å². The molecule has 5 nitrogen and oxygen atoms in total. The molecule has 5 heteroatoms. The van der Waals surface area contributed by atoms with Crippen LogP contribution in [0.3, 0.4) is 0 Å². The molecule has 0 aliphatic carbocycles. The van der Waals surface area contributed by atoms with E-state index < -0.39 is 6.17 Å². The molecule has 1 aliphatic rings. The zero-order valence-corrected chi connectivity index (χ0v) is 26.9. The summed E-state index contributed by atoms with van der Waals surface area (Å²) < 4.78 is 12.9. The molecule has 9 aromatic rings. The van der Waals surface area contributed by atoms with Gasteiger partial charge in [-0.3, -0.25) is 0 Å². The van der Waals surface area contributed by atoms with E-state index in [4.69, 9.17) is 18.8 Å². The van der Waals surface area contributed by atoms with Crippen molar-refractivity contribution in [2.24, 2.45) is 9.98 Å². The minimum atomic E-state index is -0.436. The van der Waals surface area contributed by atoms with Crippen molar-refractivity contribution in [3.8, 4) is 22.3 Å².